The van der Waals surface area contributed by atoms with Gasteiger partial charge in [0.2, 0.25) is 0 Å². The molecule has 0 bridgehead atoms. The predicted octanol–water partition coefficient (Wildman–Crippen LogP) is 7.93. The van der Waals surface area contributed by atoms with Crippen LogP contribution in [-0.4, -0.2) is 6.04 Å². The Bertz CT molecular complexity index is 631. The second-order valence-corrected chi connectivity index (χ2v) is 7.88. The molecular weight excluding hydrogens is 328 g/mol. The van der Waals surface area contributed by atoms with Gasteiger partial charge in [0, 0.05) is 23.1 Å². The Balaban J connectivity index is 1.79. The van der Waals surface area contributed by atoms with Gasteiger partial charge in [-0.05, 0) is 62.6 Å². The lowest BCUT2D eigenvalue weighted by Crippen LogP contribution is -2.09. The van der Waals surface area contributed by atoms with Gasteiger partial charge in [-0.25, -0.2) is 0 Å². The first kappa shape index (κ1) is 21.3. The summed E-state index contributed by atoms with van der Waals surface area (Å²) in [5.41, 5.74) is 4.98. The van der Waals surface area contributed by atoms with Gasteiger partial charge >= 0.3 is 0 Å². The van der Waals surface area contributed by atoms with Crippen molar-refractivity contribution in [3.8, 4) is 0 Å². The van der Waals surface area contributed by atoms with E-state index < -0.39 is 0 Å². The SMILES string of the molecule is CCCCCCCCCCc1ccccc1Nc1ccc(NC(C)C)cc1. The fourth-order valence-electron chi connectivity index (χ4n) is 3.45. The van der Waals surface area contributed by atoms with Crippen LogP contribution in [0.25, 0.3) is 0 Å². The molecular formula is C25H38N2. The molecule has 2 nitrogen and oxygen atoms in total. The first-order valence-electron chi connectivity index (χ1n) is 10.9. The Morgan fingerprint density at radius 2 is 1.30 bits per heavy atom. The molecule has 27 heavy (non-hydrogen) atoms. The van der Waals surface area contributed by atoms with E-state index in [1.807, 2.05) is 0 Å². The van der Waals surface area contributed by atoms with Gasteiger partial charge in [0.25, 0.3) is 0 Å². The second kappa shape index (κ2) is 12.4. The van der Waals surface area contributed by atoms with Crippen LogP contribution in [0.2, 0.25) is 0 Å². The topological polar surface area (TPSA) is 24.1 Å². The van der Waals surface area contributed by atoms with Crippen LogP contribution in [-0.2, 0) is 6.42 Å². The van der Waals surface area contributed by atoms with Gasteiger partial charge in [-0.15, -0.1) is 0 Å². The maximum Gasteiger partial charge on any atom is 0.0416 e. The summed E-state index contributed by atoms with van der Waals surface area (Å²) in [7, 11) is 0. The van der Waals surface area contributed by atoms with Gasteiger partial charge in [0.1, 0.15) is 0 Å². The van der Waals surface area contributed by atoms with Crippen molar-refractivity contribution >= 4 is 17.1 Å². The van der Waals surface area contributed by atoms with Crippen LogP contribution in [0.5, 0.6) is 0 Å². The normalized spacial score (nSPS) is 11.0. The Morgan fingerprint density at radius 1 is 0.704 bits per heavy atom. The minimum Gasteiger partial charge on any atom is -0.383 e. The highest BCUT2D eigenvalue weighted by atomic mass is 14.9. The van der Waals surface area contributed by atoms with Crippen molar-refractivity contribution in [3.63, 3.8) is 0 Å². The summed E-state index contributed by atoms with van der Waals surface area (Å²) in [5.74, 6) is 0. The van der Waals surface area contributed by atoms with E-state index in [9.17, 15) is 0 Å². The highest BCUT2D eigenvalue weighted by Gasteiger charge is 2.03. The monoisotopic (exact) mass is 366 g/mol. The van der Waals surface area contributed by atoms with Crippen LogP contribution in [0.3, 0.4) is 0 Å². The highest BCUT2D eigenvalue weighted by Crippen LogP contribution is 2.24. The third-order valence-corrected chi connectivity index (χ3v) is 4.94. The number of anilines is 3. The molecule has 0 saturated heterocycles. The minimum atomic E-state index is 0.455. The standard InChI is InChI=1S/C25H38N2/c1-4-5-6-7-8-9-10-11-14-22-15-12-13-16-25(22)27-24-19-17-23(18-20-24)26-21(2)3/h12-13,15-21,26-27H,4-11,14H2,1-3H3. The Kier molecular flexibility index (Phi) is 9.83. The van der Waals surface area contributed by atoms with Crippen LogP contribution in [0.1, 0.15) is 77.7 Å². The molecule has 0 radical (unpaired) electrons. The summed E-state index contributed by atoms with van der Waals surface area (Å²) in [5, 5.41) is 7.04. The number of hydrogen-bond acceptors (Lipinski definition) is 2. The fourth-order valence-corrected chi connectivity index (χ4v) is 3.45. The van der Waals surface area contributed by atoms with Crippen LogP contribution in [0, 0.1) is 0 Å². The molecule has 2 aromatic rings. The predicted molar refractivity (Wildman–Crippen MR) is 121 cm³/mol. The molecule has 2 N–H and O–H groups in total. The average molecular weight is 367 g/mol. The first-order valence-corrected chi connectivity index (χ1v) is 10.9. The van der Waals surface area contributed by atoms with Gasteiger partial charge in [0.15, 0.2) is 0 Å². The van der Waals surface area contributed by atoms with Gasteiger partial charge in [-0.2, -0.15) is 0 Å². The van der Waals surface area contributed by atoms with Crippen LogP contribution < -0.4 is 10.6 Å². The summed E-state index contributed by atoms with van der Waals surface area (Å²) >= 11 is 0. The highest BCUT2D eigenvalue weighted by molar-refractivity contribution is 5.65. The van der Waals surface area contributed by atoms with E-state index in [2.05, 4.69) is 79.9 Å². The van der Waals surface area contributed by atoms with Crippen molar-refractivity contribution in [1.29, 1.82) is 0 Å². The molecule has 0 aliphatic heterocycles. The number of aryl methyl sites for hydroxylation is 1. The number of para-hydroxylation sites is 1. The molecule has 0 unspecified atom stereocenters. The lowest BCUT2D eigenvalue weighted by Gasteiger charge is -2.14. The molecule has 0 aliphatic carbocycles. The lowest BCUT2D eigenvalue weighted by atomic mass is 10.0. The minimum absolute atomic E-state index is 0.455. The van der Waals surface area contributed by atoms with Crippen molar-refractivity contribution in [2.75, 3.05) is 10.6 Å². The van der Waals surface area contributed by atoms with Crippen molar-refractivity contribution < 1.29 is 0 Å². The second-order valence-electron chi connectivity index (χ2n) is 7.88. The number of nitrogens with one attached hydrogen (secondary N) is 2. The molecule has 0 aromatic heterocycles. The fraction of sp³-hybridized carbons (Fsp3) is 0.520. The molecule has 0 spiro atoms. The Labute approximate surface area is 166 Å². The maximum absolute atomic E-state index is 3.60. The largest absolute Gasteiger partial charge is 0.383 e. The third-order valence-electron chi connectivity index (χ3n) is 4.94. The number of benzene rings is 2. The molecule has 0 saturated carbocycles. The van der Waals surface area contributed by atoms with E-state index in [0.29, 0.717) is 6.04 Å². The van der Waals surface area contributed by atoms with E-state index in [-0.39, 0.29) is 0 Å². The molecule has 2 aromatic carbocycles. The lowest BCUT2D eigenvalue weighted by molar-refractivity contribution is 0.575. The summed E-state index contributed by atoms with van der Waals surface area (Å²) in [4.78, 5) is 0. The maximum atomic E-state index is 3.60. The molecule has 0 fully saturated rings. The molecule has 0 atom stereocenters. The number of hydrogen-bond donors (Lipinski definition) is 2. The molecule has 148 valence electrons. The van der Waals surface area contributed by atoms with E-state index >= 15 is 0 Å². The molecule has 2 rings (SSSR count). The molecule has 0 aliphatic rings. The van der Waals surface area contributed by atoms with E-state index in [1.165, 1.54) is 68.3 Å². The van der Waals surface area contributed by atoms with Crippen molar-refractivity contribution in [2.45, 2.75) is 84.6 Å². The van der Waals surface area contributed by atoms with E-state index in [4.69, 9.17) is 0 Å². The smallest absolute Gasteiger partial charge is 0.0416 e. The van der Waals surface area contributed by atoms with Gasteiger partial charge in [-0.1, -0.05) is 70.1 Å². The van der Waals surface area contributed by atoms with Crippen molar-refractivity contribution in [3.05, 3.63) is 54.1 Å². The van der Waals surface area contributed by atoms with Crippen LogP contribution >= 0.6 is 0 Å². The van der Waals surface area contributed by atoms with Gasteiger partial charge < -0.3 is 10.6 Å². The van der Waals surface area contributed by atoms with Crippen molar-refractivity contribution in [2.24, 2.45) is 0 Å². The summed E-state index contributed by atoms with van der Waals surface area (Å²) in [6.07, 6.45) is 12.1. The van der Waals surface area contributed by atoms with E-state index in [1.54, 1.807) is 0 Å². The van der Waals surface area contributed by atoms with Gasteiger partial charge in [0.05, 0.1) is 0 Å². The molecule has 0 amide bonds. The third kappa shape index (κ3) is 8.51. The molecule has 2 heteroatoms. The van der Waals surface area contributed by atoms with E-state index in [0.717, 1.165) is 12.1 Å². The van der Waals surface area contributed by atoms with Crippen molar-refractivity contribution in [1.82, 2.24) is 0 Å². The number of unbranched alkanes of at least 4 members (excludes halogenated alkanes) is 7. The van der Waals surface area contributed by atoms with Crippen LogP contribution in [0.4, 0.5) is 17.1 Å². The Morgan fingerprint density at radius 3 is 1.96 bits per heavy atom. The number of rotatable bonds is 13. The quantitative estimate of drug-likeness (QED) is 0.352. The zero-order chi connectivity index (χ0) is 19.3. The summed E-state index contributed by atoms with van der Waals surface area (Å²) in [6.45, 7) is 6.60. The van der Waals surface area contributed by atoms with Gasteiger partial charge in [-0.3, -0.25) is 0 Å². The Hall–Kier alpha value is -1.96. The molecule has 0 heterocycles. The van der Waals surface area contributed by atoms with Crippen LogP contribution in [0.15, 0.2) is 48.5 Å². The average Bonchev–Trinajstić information content (AvgIpc) is 2.66. The summed E-state index contributed by atoms with van der Waals surface area (Å²) < 4.78 is 0. The summed E-state index contributed by atoms with van der Waals surface area (Å²) in [6, 6.07) is 17.8. The zero-order valence-electron chi connectivity index (χ0n) is 17.6. The first-order chi connectivity index (χ1) is 13.2. The zero-order valence-corrected chi connectivity index (χ0v) is 17.6.